The van der Waals surface area contributed by atoms with Crippen molar-refractivity contribution in [3.8, 4) is 0 Å². The third-order valence-electron chi connectivity index (χ3n) is 6.14. The summed E-state index contributed by atoms with van der Waals surface area (Å²) in [6.45, 7) is 0. The summed E-state index contributed by atoms with van der Waals surface area (Å²) in [7, 11) is -1.29. The molecule has 0 aromatic carbocycles. The third kappa shape index (κ3) is 3.90. The van der Waals surface area contributed by atoms with Crippen molar-refractivity contribution in [2.75, 3.05) is 13.3 Å². The average molecular weight is 343 g/mol. The van der Waals surface area contributed by atoms with Gasteiger partial charge in [0.25, 0.3) is 0 Å². The SMILES string of the molecule is CN(C(=O)CC1CC2CCC(C1)N2)C1CCCCC1S(C)(=O)=O. The third-order valence-corrected chi connectivity index (χ3v) is 7.79. The Kier molecular flexibility index (Phi) is 5.02. The second-order valence-electron chi connectivity index (χ2n) is 7.90. The normalized spacial score (nSPS) is 37.6. The molecule has 0 aromatic rings. The van der Waals surface area contributed by atoms with Crippen molar-refractivity contribution < 1.29 is 13.2 Å². The first-order valence-corrected chi connectivity index (χ1v) is 11.0. The number of sulfone groups is 1. The van der Waals surface area contributed by atoms with Crippen molar-refractivity contribution in [1.82, 2.24) is 10.2 Å². The highest BCUT2D eigenvalue weighted by atomic mass is 32.2. The molecule has 0 spiro atoms. The van der Waals surface area contributed by atoms with Crippen molar-refractivity contribution in [3.05, 3.63) is 0 Å². The topological polar surface area (TPSA) is 66.5 Å². The Morgan fingerprint density at radius 1 is 1.09 bits per heavy atom. The largest absolute Gasteiger partial charge is 0.341 e. The van der Waals surface area contributed by atoms with Gasteiger partial charge >= 0.3 is 0 Å². The van der Waals surface area contributed by atoms with Crippen LogP contribution in [0.2, 0.25) is 0 Å². The molecule has 2 heterocycles. The number of carbonyl (C=O) groups excluding carboxylic acids is 1. The maximum absolute atomic E-state index is 12.7. The first-order valence-electron chi connectivity index (χ1n) is 9.05. The molecule has 1 amide bonds. The molecule has 3 fully saturated rings. The molecule has 2 aliphatic heterocycles. The number of carbonyl (C=O) groups is 1. The molecule has 5 nitrogen and oxygen atoms in total. The fraction of sp³-hybridized carbons (Fsp3) is 0.941. The molecule has 2 saturated heterocycles. The summed E-state index contributed by atoms with van der Waals surface area (Å²) in [5, 5.41) is 3.23. The molecule has 3 aliphatic rings. The van der Waals surface area contributed by atoms with Crippen molar-refractivity contribution in [2.45, 2.75) is 81.2 Å². The predicted molar refractivity (Wildman–Crippen MR) is 90.9 cm³/mol. The average Bonchev–Trinajstić information content (AvgIpc) is 2.84. The lowest BCUT2D eigenvalue weighted by molar-refractivity contribution is -0.133. The second kappa shape index (κ2) is 6.71. The van der Waals surface area contributed by atoms with E-state index in [9.17, 15) is 13.2 Å². The summed E-state index contributed by atoms with van der Waals surface area (Å²) in [6, 6.07) is 1.05. The molecule has 0 aromatic heterocycles. The van der Waals surface area contributed by atoms with Crippen molar-refractivity contribution in [3.63, 3.8) is 0 Å². The summed E-state index contributed by atoms with van der Waals surface area (Å²) in [6.07, 6.45) is 10.0. The molecule has 23 heavy (non-hydrogen) atoms. The minimum Gasteiger partial charge on any atom is -0.341 e. The summed E-state index contributed by atoms with van der Waals surface area (Å²) >= 11 is 0. The highest BCUT2D eigenvalue weighted by molar-refractivity contribution is 7.91. The summed E-state index contributed by atoms with van der Waals surface area (Å²) in [5.41, 5.74) is 0. The Labute approximate surface area is 140 Å². The van der Waals surface area contributed by atoms with Crippen LogP contribution in [-0.2, 0) is 14.6 Å². The lowest BCUT2D eigenvalue weighted by atomic mass is 9.88. The minimum atomic E-state index is -3.10. The molecule has 1 aliphatic carbocycles. The van der Waals surface area contributed by atoms with Crippen LogP contribution in [0.3, 0.4) is 0 Å². The van der Waals surface area contributed by atoms with Gasteiger partial charge in [0.15, 0.2) is 9.84 Å². The van der Waals surface area contributed by atoms with Gasteiger partial charge in [0.1, 0.15) is 0 Å². The van der Waals surface area contributed by atoms with Crippen molar-refractivity contribution in [1.29, 1.82) is 0 Å². The van der Waals surface area contributed by atoms with Crippen LogP contribution in [0.5, 0.6) is 0 Å². The van der Waals surface area contributed by atoms with Crippen molar-refractivity contribution in [2.24, 2.45) is 5.92 Å². The summed E-state index contributed by atoms with van der Waals surface area (Å²) in [4.78, 5) is 14.5. The van der Waals surface area contributed by atoms with Gasteiger partial charge in [-0.15, -0.1) is 0 Å². The van der Waals surface area contributed by atoms with Crippen LogP contribution in [0.15, 0.2) is 0 Å². The molecule has 132 valence electrons. The van der Waals surface area contributed by atoms with Gasteiger partial charge in [-0.25, -0.2) is 8.42 Å². The van der Waals surface area contributed by atoms with Gasteiger partial charge < -0.3 is 10.2 Å². The molecule has 1 N–H and O–H groups in total. The summed E-state index contributed by atoms with van der Waals surface area (Å²) in [5.74, 6) is 0.598. The molecule has 1 saturated carbocycles. The fourth-order valence-corrected chi connectivity index (χ4v) is 6.42. The van der Waals surface area contributed by atoms with E-state index < -0.39 is 9.84 Å². The molecule has 4 atom stereocenters. The number of hydrogen-bond acceptors (Lipinski definition) is 4. The highest BCUT2D eigenvalue weighted by Gasteiger charge is 2.39. The Balaban J connectivity index is 1.62. The Bertz CT molecular complexity index is 536. The van der Waals surface area contributed by atoms with Gasteiger partial charge in [-0.3, -0.25) is 4.79 Å². The van der Waals surface area contributed by atoms with Gasteiger partial charge in [-0.05, 0) is 44.4 Å². The molecular formula is C17H30N2O3S. The van der Waals surface area contributed by atoms with Gasteiger partial charge in [-0.2, -0.15) is 0 Å². The van der Waals surface area contributed by atoms with Crippen LogP contribution in [0, 0.1) is 5.92 Å². The minimum absolute atomic E-state index is 0.135. The van der Waals surface area contributed by atoms with E-state index in [1.807, 2.05) is 7.05 Å². The number of hydrogen-bond donors (Lipinski definition) is 1. The molecule has 6 heteroatoms. The Morgan fingerprint density at radius 2 is 1.70 bits per heavy atom. The van der Waals surface area contributed by atoms with Crippen LogP contribution in [0.25, 0.3) is 0 Å². The van der Waals surface area contributed by atoms with E-state index in [0.717, 1.165) is 32.1 Å². The number of piperidine rings is 1. The Morgan fingerprint density at radius 3 is 2.30 bits per heavy atom. The quantitative estimate of drug-likeness (QED) is 0.845. The molecule has 0 radical (unpaired) electrons. The number of amides is 1. The number of nitrogens with one attached hydrogen (secondary N) is 1. The van der Waals surface area contributed by atoms with E-state index in [0.29, 0.717) is 30.8 Å². The predicted octanol–water partition coefficient (Wildman–Crippen LogP) is 1.72. The number of rotatable bonds is 4. The van der Waals surface area contributed by atoms with Crippen LogP contribution < -0.4 is 5.32 Å². The molecule has 4 unspecified atom stereocenters. The monoisotopic (exact) mass is 342 g/mol. The standard InChI is InChI=1S/C17H30N2O3S/c1-19(15-5-3-4-6-16(15)23(2,21)22)17(20)11-12-9-13-7-8-14(10-12)18-13/h12-16,18H,3-11H2,1-2H3. The maximum atomic E-state index is 12.7. The van der Waals surface area contributed by atoms with E-state index in [2.05, 4.69) is 5.32 Å². The van der Waals surface area contributed by atoms with Crippen LogP contribution >= 0.6 is 0 Å². The molecule has 2 bridgehead atoms. The van der Waals surface area contributed by atoms with Crippen LogP contribution in [-0.4, -0.2) is 55.9 Å². The first-order chi connectivity index (χ1) is 10.8. The summed E-state index contributed by atoms with van der Waals surface area (Å²) < 4.78 is 24.1. The van der Waals surface area contributed by atoms with E-state index >= 15 is 0 Å². The van der Waals surface area contributed by atoms with Gasteiger partial charge in [-0.1, -0.05) is 12.8 Å². The zero-order valence-electron chi connectivity index (χ0n) is 14.3. The van der Waals surface area contributed by atoms with Gasteiger partial charge in [0, 0.05) is 37.8 Å². The van der Waals surface area contributed by atoms with E-state index in [4.69, 9.17) is 0 Å². The van der Waals surface area contributed by atoms with Crippen molar-refractivity contribution >= 4 is 15.7 Å². The van der Waals surface area contributed by atoms with E-state index in [1.54, 1.807) is 4.90 Å². The number of fused-ring (bicyclic) bond motifs is 2. The Hall–Kier alpha value is -0.620. The first kappa shape index (κ1) is 17.2. The fourth-order valence-electron chi connectivity index (χ4n) is 4.94. The molecule has 3 rings (SSSR count). The van der Waals surface area contributed by atoms with Crippen LogP contribution in [0.1, 0.15) is 57.8 Å². The van der Waals surface area contributed by atoms with Crippen LogP contribution in [0.4, 0.5) is 0 Å². The van der Waals surface area contributed by atoms with Gasteiger partial charge in [0.2, 0.25) is 5.91 Å². The zero-order valence-corrected chi connectivity index (χ0v) is 15.1. The van der Waals surface area contributed by atoms with Gasteiger partial charge in [0.05, 0.1) is 5.25 Å². The van der Waals surface area contributed by atoms with E-state index in [1.165, 1.54) is 19.1 Å². The van der Waals surface area contributed by atoms with E-state index in [-0.39, 0.29) is 17.2 Å². The highest BCUT2D eigenvalue weighted by Crippen LogP contribution is 2.34. The number of nitrogens with zero attached hydrogens (tertiary/aromatic N) is 1. The second-order valence-corrected chi connectivity index (χ2v) is 10.2. The lowest BCUT2D eigenvalue weighted by Gasteiger charge is -2.38. The maximum Gasteiger partial charge on any atom is 0.222 e. The zero-order chi connectivity index (χ0) is 16.6. The molecular weight excluding hydrogens is 312 g/mol. The smallest absolute Gasteiger partial charge is 0.222 e. The lowest BCUT2D eigenvalue weighted by Crippen LogP contribution is -2.50.